The second-order valence-corrected chi connectivity index (χ2v) is 7.36. The van der Waals surface area contributed by atoms with Gasteiger partial charge < -0.3 is 20.7 Å². The maximum atomic E-state index is 14.4. The molecule has 2 aromatic heterocycles. The number of benzene rings is 1. The maximum absolute atomic E-state index is 14.4. The molecule has 1 aliphatic heterocycles. The van der Waals surface area contributed by atoms with E-state index in [1.807, 2.05) is 0 Å². The molecule has 3 heterocycles. The van der Waals surface area contributed by atoms with Gasteiger partial charge in [-0.2, -0.15) is 19.6 Å². The molecule has 1 unspecified atom stereocenters. The first-order valence-electron chi connectivity index (χ1n) is 9.74. The number of carbonyl (C=O) groups is 2. The third-order valence-corrected chi connectivity index (χ3v) is 5.07. The zero-order valence-corrected chi connectivity index (χ0v) is 16.5. The van der Waals surface area contributed by atoms with Crippen molar-refractivity contribution in [3.8, 4) is 5.75 Å². The molecule has 0 bridgehead atoms. The minimum Gasteiger partial charge on any atom is -0.494 e. The average Bonchev–Trinajstić information content (AvgIpc) is 3.38. The molecule has 1 saturated heterocycles. The van der Waals surface area contributed by atoms with Crippen LogP contribution in [0, 0.1) is 5.82 Å². The van der Waals surface area contributed by atoms with Crippen molar-refractivity contribution in [1.29, 1.82) is 0 Å². The predicted octanol–water partition coefficient (Wildman–Crippen LogP) is 1.34. The van der Waals surface area contributed by atoms with Crippen molar-refractivity contribution >= 4 is 35.2 Å². The summed E-state index contributed by atoms with van der Waals surface area (Å²) in [4.78, 5) is 32.3. The second kappa shape index (κ2) is 7.38. The number of hydrogen-bond donors (Lipinski definition) is 4. The van der Waals surface area contributed by atoms with Crippen LogP contribution >= 0.6 is 0 Å². The number of aromatic nitrogens is 4. The molecule has 1 atom stereocenters. The van der Waals surface area contributed by atoms with Crippen LogP contribution in [0.3, 0.4) is 0 Å². The molecule has 31 heavy (non-hydrogen) atoms. The van der Waals surface area contributed by atoms with Crippen LogP contribution in [-0.2, 0) is 11.2 Å². The summed E-state index contributed by atoms with van der Waals surface area (Å²) < 4.78 is 21.2. The van der Waals surface area contributed by atoms with Crippen LogP contribution in [0.2, 0.25) is 0 Å². The number of imide groups is 1. The molecule has 1 aliphatic carbocycles. The van der Waals surface area contributed by atoms with Crippen LogP contribution in [0.4, 0.5) is 26.8 Å². The third-order valence-electron chi connectivity index (χ3n) is 5.07. The summed E-state index contributed by atoms with van der Waals surface area (Å²) in [5, 5.41) is 15.3. The number of nitrogens with zero attached hydrogens (tertiary/aromatic N) is 4. The number of nitrogens with one attached hydrogen (secondary N) is 4. The number of ether oxygens (including phenoxy) is 1. The Balaban J connectivity index is 1.54. The number of carbonyl (C=O) groups excluding carboxylic acids is 2. The van der Waals surface area contributed by atoms with E-state index < -0.39 is 23.8 Å². The monoisotopic (exact) mass is 426 g/mol. The van der Waals surface area contributed by atoms with Gasteiger partial charge in [0.15, 0.2) is 11.5 Å². The smallest absolute Gasteiger partial charge is 0.322 e. The van der Waals surface area contributed by atoms with E-state index in [2.05, 4.69) is 36.3 Å². The van der Waals surface area contributed by atoms with Crippen molar-refractivity contribution in [2.45, 2.75) is 31.3 Å². The number of urea groups is 1. The number of rotatable bonds is 7. The van der Waals surface area contributed by atoms with E-state index >= 15 is 0 Å². The number of fused-ring (bicyclic) bond motifs is 1. The van der Waals surface area contributed by atoms with Crippen molar-refractivity contribution in [3.05, 3.63) is 35.8 Å². The standard InChI is InChI=1S/C19H19FN8O3/c1-31-13-4-2-3-11(20)14(13)24-17-25-15-9(7-12-16(29)26-19(30)23-12)8-21-28(15)18(27-17)22-10-5-6-10/h2-4,8,10,12H,5-7H2,1H3,(H2,22,24,25,27)(H2,23,26,29,30). The fourth-order valence-corrected chi connectivity index (χ4v) is 3.36. The predicted molar refractivity (Wildman–Crippen MR) is 108 cm³/mol. The Labute approximate surface area is 175 Å². The van der Waals surface area contributed by atoms with Crippen molar-refractivity contribution in [1.82, 2.24) is 30.2 Å². The lowest BCUT2D eigenvalue weighted by Crippen LogP contribution is -2.31. The molecule has 0 radical (unpaired) electrons. The lowest BCUT2D eigenvalue weighted by molar-refractivity contribution is -0.120. The first-order chi connectivity index (χ1) is 15.0. The number of amides is 3. The molecular formula is C19H19FN8O3. The molecule has 5 rings (SSSR count). The molecule has 12 heteroatoms. The highest BCUT2D eigenvalue weighted by Gasteiger charge is 2.31. The molecule has 1 saturated carbocycles. The Bertz CT molecular complexity index is 1190. The fourth-order valence-electron chi connectivity index (χ4n) is 3.36. The zero-order valence-electron chi connectivity index (χ0n) is 16.5. The van der Waals surface area contributed by atoms with Gasteiger partial charge in [0.2, 0.25) is 11.9 Å². The van der Waals surface area contributed by atoms with E-state index in [1.165, 1.54) is 17.7 Å². The fraction of sp³-hybridized carbons (Fsp3) is 0.316. The molecule has 3 aromatic rings. The van der Waals surface area contributed by atoms with Gasteiger partial charge in [0.05, 0.1) is 13.3 Å². The van der Waals surface area contributed by atoms with Crippen LogP contribution in [0.1, 0.15) is 18.4 Å². The van der Waals surface area contributed by atoms with Crippen LogP contribution in [0.15, 0.2) is 24.4 Å². The van der Waals surface area contributed by atoms with Gasteiger partial charge in [-0.15, -0.1) is 0 Å². The molecule has 2 aliphatic rings. The highest BCUT2D eigenvalue weighted by Crippen LogP contribution is 2.31. The first kappa shape index (κ1) is 19.0. The molecule has 11 nitrogen and oxygen atoms in total. The van der Waals surface area contributed by atoms with Gasteiger partial charge in [0.25, 0.3) is 5.91 Å². The summed E-state index contributed by atoms with van der Waals surface area (Å²) in [6, 6.07) is 3.49. The molecule has 160 valence electrons. The first-order valence-corrected chi connectivity index (χ1v) is 9.74. The van der Waals surface area contributed by atoms with E-state index in [4.69, 9.17) is 4.74 Å². The minimum absolute atomic E-state index is 0.107. The molecule has 4 N–H and O–H groups in total. The summed E-state index contributed by atoms with van der Waals surface area (Å²) in [6.45, 7) is 0. The molecule has 3 amide bonds. The highest BCUT2D eigenvalue weighted by atomic mass is 19.1. The largest absolute Gasteiger partial charge is 0.494 e. The summed E-state index contributed by atoms with van der Waals surface area (Å²) >= 11 is 0. The average molecular weight is 426 g/mol. The van der Waals surface area contributed by atoms with Crippen LogP contribution in [-0.4, -0.2) is 50.7 Å². The van der Waals surface area contributed by atoms with Crippen LogP contribution in [0.25, 0.3) is 5.65 Å². The summed E-state index contributed by atoms with van der Waals surface area (Å²) in [5.41, 5.74) is 1.17. The molecular weight excluding hydrogens is 407 g/mol. The Morgan fingerprint density at radius 1 is 1.29 bits per heavy atom. The lowest BCUT2D eigenvalue weighted by Gasteiger charge is -2.13. The molecule has 1 aromatic carbocycles. The quantitative estimate of drug-likeness (QED) is 0.416. The number of hydrogen-bond acceptors (Lipinski definition) is 8. The van der Waals surface area contributed by atoms with Gasteiger partial charge in [-0.1, -0.05) is 6.07 Å². The SMILES string of the molecule is COc1cccc(F)c1Nc1nc(NC2CC2)n2ncc(CC3NC(=O)NC3=O)c2n1. The Morgan fingerprint density at radius 2 is 2.13 bits per heavy atom. The van der Waals surface area contributed by atoms with E-state index in [9.17, 15) is 14.0 Å². The topological polar surface area (TPSA) is 135 Å². The van der Waals surface area contributed by atoms with Gasteiger partial charge in [-0.25, -0.2) is 9.18 Å². The van der Waals surface area contributed by atoms with Crippen molar-refractivity contribution in [2.75, 3.05) is 17.7 Å². The highest BCUT2D eigenvalue weighted by molar-refractivity contribution is 6.04. The van der Waals surface area contributed by atoms with E-state index in [-0.39, 0.29) is 24.1 Å². The lowest BCUT2D eigenvalue weighted by atomic mass is 10.1. The zero-order chi connectivity index (χ0) is 21.5. The number of para-hydroxylation sites is 1. The maximum Gasteiger partial charge on any atom is 0.322 e. The van der Waals surface area contributed by atoms with E-state index in [0.717, 1.165) is 12.8 Å². The van der Waals surface area contributed by atoms with Crippen molar-refractivity contribution in [3.63, 3.8) is 0 Å². The Morgan fingerprint density at radius 3 is 2.84 bits per heavy atom. The summed E-state index contributed by atoms with van der Waals surface area (Å²) in [7, 11) is 1.44. The Hall–Kier alpha value is -3.96. The third kappa shape index (κ3) is 3.67. The van der Waals surface area contributed by atoms with Gasteiger partial charge in [0.1, 0.15) is 17.5 Å². The van der Waals surface area contributed by atoms with Crippen molar-refractivity contribution < 1.29 is 18.7 Å². The van der Waals surface area contributed by atoms with Crippen molar-refractivity contribution in [2.24, 2.45) is 0 Å². The Kier molecular flexibility index (Phi) is 4.53. The molecule has 2 fully saturated rings. The summed E-state index contributed by atoms with van der Waals surface area (Å²) in [5.74, 6) is -0.0424. The van der Waals surface area contributed by atoms with E-state index in [0.29, 0.717) is 22.9 Å². The van der Waals surface area contributed by atoms with Gasteiger partial charge in [-0.3, -0.25) is 10.1 Å². The van der Waals surface area contributed by atoms with E-state index in [1.54, 1.807) is 18.3 Å². The second-order valence-electron chi connectivity index (χ2n) is 7.36. The van der Waals surface area contributed by atoms with Gasteiger partial charge >= 0.3 is 6.03 Å². The van der Waals surface area contributed by atoms with Gasteiger partial charge in [0, 0.05) is 18.0 Å². The summed E-state index contributed by atoms with van der Waals surface area (Å²) in [6.07, 6.45) is 3.80. The normalized spacial score (nSPS) is 18.1. The molecule has 0 spiro atoms. The number of halogens is 1. The number of anilines is 3. The minimum atomic E-state index is -0.724. The van der Waals surface area contributed by atoms with Crippen LogP contribution in [0.5, 0.6) is 5.75 Å². The van der Waals surface area contributed by atoms with Crippen LogP contribution < -0.4 is 26.0 Å². The van der Waals surface area contributed by atoms with Gasteiger partial charge in [-0.05, 0) is 25.0 Å². The number of methoxy groups -OCH3 is 1.